The Morgan fingerprint density at radius 1 is 0.870 bits per heavy atom. The van der Waals surface area contributed by atoms with Crippen LogP contribution in [0, 0.1) is 0 Å². The minimum atomic E-state index is -0.888. The molecule has 0 amide bonds. The predicted octanol–water partition coefficient (Wildman–Crippen LogP) is 1.83. The summed E-state index contributed by atoms with van der Waals surface area (Å²) < 4.78 is 5.35. The zero-order chi connectivity index (χ0) is 16.0. The molecule has 5 N–H and O–H groups in total. The molecule has 3 rings (SSSR count). The number of phenols is 4. The second-order valence-corrected chi connectivity index (χ2v) is 4.65. The Morgan fingerprint density at radius 3 is 2.22 bits per heavy atom. The fourth-order valence-corrected chi connectivity index (χ4v) is 2.14. The molecular formula is C15H12CaO7. The number of phenolic OH excluding ortho intramolecular Hbond substituents is 4. The molecule has 0 bridgehead atoms. The SMILES string of the molecule is O=c1c(O)c(-c2ccc(O)c(O)c2)oc2cc(O)cc(O)c12.[Ca+2].[H-].[H-]. The van der Waals surface area contributed by atoms with Crippen molar-refractivity contribution in [3.05, 3.63) is 40.6 Å². The van der Waals surface area contributed by atoms with Crippen molar-refractivity contribution in [2.24, 2.45) is 0 Å². The molecule has 0 fully saturated rings. The van der Waals surface area contributed by atoms with Gasteiger partial charge >= 0.3 is 37.7 Å². The fraction of sp³-hybridized carbons (Fsp3) is 0. The van der Waals surface area contributed by atoms with Crippen molar-refractivity contribution in [3.63, 3.8) is 0 Å². The molecule has 0 radical (unpaired) electrons. The van der Waals surface area contributed by atoms with Crippen LogP contribution in [0.5, 0.6) is 28.7 Å². The molecule has 1 aromatic heterocycles. The van der Waals surface area contributed by atoms with Crippen LogP contribution in [0.4, 0.5) is 0 Å². The maximum Gasteiger partial charge on any atom is 2.00 e. The Balaban J connectivity index is 0.00000192. The fourth-order valence-electron chi connectivity index (χ4n) is 2.14. The van der Waals surface area contributed by atoms with E-state index >= 15 is 0 Å². The number of fused-ring (bicyclic) bond motifs is 1. The molecule has 23 heavy (non-hydrogen) atoms. The van der Waals surface area contributed by atoms with Gasteiger partial charge < -0.3 is 32.8 Å². The molecule has 3 aromatic rings. The zero-order valence-corrected chi connectivity index (χ0v) is 13.9. The summed E-state index contributed by atoms with van der Waals surface area (Å²) in [6.45, 7) is 0. The summed E-state index contributed by atoms with van der Waals surface area (Å²) in [4.78, 5) is 12.1. The number of benzene rings is 2. The summed E-state index contributed by atoms with van der Waals surface area (Å²) in [5.41, 5.74) is -0.890. The maximum atomic E-state index is 12.1. The first-order valence-corrected chi connectivity index (χ1v) is 6.12. The Bertz CT molecular complexity index is 972. The van der Waals surface area contributed by atoms with E-state index < -0.39 is 22.7 Å². The van der Waals surface area contributed by atoms with Gasteiger partial charge in [-0.25, -0.2) is 0 Å². The molecule has 0 saturated carbocycles. The summed E-state index contributed by atoms with van der Waals surface area (Å²) in [6.07, 6.45) is 0. The molecule has 7 nitrogen and oxygen atoms in total. The predicted molar refractivity (Wildman–Crippen MR) is 84.2 cm³/mol. The largest absolute Gasteiger partial charge is 2.00 e. The number of aromatic hydroxyl groups is 5. The molecule has 0 saturated heterocycles. The van der Waals surface area contributed by atoms with Gasteiger partial charge in [-0.3, -0.25) is 4.79 Å². The second kappa shape index (κ2) is 6.19. The Kier molecular flexibility index (Phi) is 4.65. The summed E-state index contributed by atoms with van der Waals surface area (Å²) >= 11 is 0. The van der Waals surface area contributed by atoms with E-state index in [0.717, 1.165) is 24.3 Å². The van der Waals surface area contributed by atoms with Crippen LogP contribution in [0.2, 0.25) is 0 Å². The van der Waals surface area contributed by atoms with E-state index in [1.165, 1.54) is 6.07 Å². The van der Waals surface area contributed by atoms with Crippen molar-refractivity contribution >= 4 is 48.7 Å². The molecule has 0 aliphatic carbocycles. The number of rotatable bonds is 1. The van der Waals surface area contributed by atoms with Crippen LogP contribution in [0.25, 0.3) is 22.3 Å². The zero-order valence-electron chi connectivity index (χ0n) is 13.6. The summed E-state index contributed by atoms with van der Waals surface area (Å²) in [5.74, 6) is -2.71. The molecule has 0 unspecified atom stereocenters. The molecule has 0 aliphatic heterocycles. The molecule has 0 atom stereocenters. The first-order valence-electron chi connectivity index (χ1n) is 6.12. The van der Waals surface area contributed by atoms with Gasteiger partial charge in [-0.05, 0) is 18.2 Å². The molecule has 0 aliphatic rings. The van der Waals surface area contributed by atoms with Gasteiger partial charge in [0.25, 0.3) is 0 Å². The smallest absolute Gasteiger partial charge is 1.00 e. The van der Waals surface area contributed by atoms with Crippen LogP contribution in [0.1, 0.15) is 2.85 Å². The minimum absolute atomic E-state index is 0. The van der Waals surface area contributed by atoms with E-state index in [1.807, 2.05) is 0 Å². The van der Waals surface area contributed by atoms with Gasteiger partial charge in [-0.1, -0.05) is 0 Å². The average molecular weight is 344 g/mol. The Labute approximate surface area is 161 Å². The topological polar surface area (TPSA) is 131 Å². The van der Waals surface area contributed by atoms with Gasteiger partial charge in [0, 0.05) is 17.7 Å². The Hall–Kier alpha value is -2.09. The molecule has 2 aromatic carbocycles. The molecule has 8 heteroatoms. The Morgan fingerprint density at radius 2 is 1.57 bits per heavy atom. The van der Waals surface area contributed by atoms with E-state index in [0.29, 0.717) is 0 Å². The normalized spacial score (nSPS) is 10.4. The molecule has 1 heterocycles. The van der Waals surface area contributed by atoms with Crippen LogP contribution in [0.3, 0.4) is 0 Å². The van der Waals surface area contributed by atoms with Crippen molar-refractivity contribution in [3.8, 4) is 40.1 Å². The van der Waals surface area contributed by atoms with Crippen molar-refractivity contribution in [1.29, 1.82) is 0 Å². The standard InChI is InChI=1S/C15H10O7.Ca.2H/c16-7-4-10(19)12-11(5-7)22-15(14(21)13(12)20)6-1-2-8(17)9(18)3-6;;;/h1-5,16-19,21H;;;/q;+2;2*-1. The number of hydrogen-bond acceptors (Lipinski definition) is 7. The molecular weight excluding hydrogens is 332 g/mol. The average Bonchev–Trinajstić information content (AvgIpc) is 2.45. The third-order valence-corrected chi connectivity index (χ3v) is 3.17. The van der Waals surface area contributed by atoms with E-state index in [2.05, 4.69) is 0 Å². The molecule has 0 spiro atoms. The third-order valence-electron chi connectivity index (χ3n) is 3.17. The van der Waals surface area contributed by atoms with Crippen molar-refractivity contribution in [2.45, 2.75) is 0 Å². The van der Waals surface area contributed by atoms with Crippen molar-refractivity contribution in [2.75, 3.05) is 0 Å². The van der Waals surface area contributed by atoms with Crippen molar-refractivity contribution < 1.29 is 32.8 Å². The van der Waals surface area contributed by atoms with E-state index in [4.69, 9.17) is 4.42 Å². The number of hydrogen-bond donors (Lipinski definition) is 5. The van der Waals surface area contributed by atoms with Crippen molar-refractivity contribution in [1.82, 2.24) is 0 Å². The molecule has 116 valence electrons. The van der Waals surface area contributed by atoms with Gasteiger partial charge in [0.1, 0.15) is 22.5 Å². The summed E-state index contributed by atoms with van der Waals surface area (Å²) in [6, 6.07) is 5.64. The van der Waals surface area contributed by atoms with Crippen LogP contribution >= 0.6 is 0 Å². The second-order valence-electron chi connectivity index (χ2n) is 4.65. The monoisotopic (exact) mass is 344 g/mol. The quantitative estimate of drug-likeness (QED) is 0.336. The van der Waals surface area contributed by atoms with E-state index in [9.17, 15) is 30.3 Å². The van der Waals surface area contributed by atoms with Gasteiger partial charge in [-0.2, -0.15) is 0 Å². The van der Waals surface area contributed by atoms with Crippen LogP contribution in [-0.4, -0.2) is 63.3 Å². The van der Waals surface area contributed by atoms with Crippen LogP contribution < -0.4 is 5.43 Å². The summed E-state index contributed by atoms with van der Waals surface area (Å²) in [5, 5.41) is 47.6. The first kappa shape index (κ1) is 17.3. The van der Waals surface area contributed by atoms with Gasteiger partial charge in [0.2, 0.25) is 11.2 Å². The van der Waals surface area contributed by atoms with E-state index in [1.54, 1.807) is 0 Å². The maximum absolute atomic E-state index is 12.1. The summed E-state index contributed by atoms with van der Waals surface area (Å²) in [7, 11) is 0. The minimum Gasteiger partial charge on any atom is -1.00 e. The first-order chi connectivity index (χ1) is 10.4. The van der Waals surface area contributed by atoms with Gasteiger partial charge in [0.15, 0.2) is 17.3 Å². The van der Waals surface area contributed by atoms with Crippen LogP contribution in [0.15, 0.2) is 39.5 Å². The van der Waals surface area contributed by atoms with E-state index in [-0.39, 0.29) is 74.4 Å². The van der Waals surface area contributed by atoms with Gasteiger partial charge in [-0.15, -0.1) is 0 Å². The third kappa shape index (κ3) is 2.90. The van der Waals surface area contributed by atoms with Gasteiger partial charge in [0.05, 0.1) is 0 Å². The van der Waals surface area contributed by atoms with Crippen LogP contribution in [-0.2, 0) is 0 Å².